The number of hydrogen-bond acceptors (Lipinski definition) is 6. The first-order valence-electron chi connectivity index (χ1n) is 7.33. The maximum Gasteiger partial charge on any atom is 0.311 e. The molecule has 0 aromatic carbocycles. The molecule has 118 valence electrons. The number of carbonyl (C=O) groups excluding carboxylic acids is 1. The van der Waals surface area contributed by atoms with Gasteiger partial charge in [0.2, 0.25) is 0 Å². The summed E-state index contributed by atoms with van der Waals surface area (Å²) in [5.41, 5.74) is 1.44. The highest BCUT2D eigenvalue weighted by Gasteiger charge is 2.19. The number of nitrogens with zero attached hydrogens (tertiary/aromatic N) is 4. The van der Waals surface area contributed by atoms with Crippen LogP contribution < -0.4 is 10.2 Å². The number of imidazole rings is 1. The Bertz CT molecular complexity index is 681. The van der Waals surface area contributed by atoms with Crippen molar-refractivity contribution >= 4 is 33.4 Å². The van der Waals surface area contributed by atoms with E-state index in [-0.39, 0.29) is 12.4 Å². The molecule has 3 heterocycles. The molecule has 3 rings (SSSR count). The lowest BCUT2D eigenvalue weighted by molar-refractivity contribution is -0.142. The van der Waals surface area contributed by atoms with E-state index in [0.29, 0.717) is 12.3 Å². The highest BCUT2D eigenvalue weighted by Crippen LogP contribution is 2.23. The Morgan fingerprint density at radius 1 is 1.45 bits per heavy atom. The van der Waals surface area contributed by atoms with E-state index in [1.807, 2.05) is 10.6 Å². The average Bonchev–Trinajstić information content (AvgIpc) is 2.93. The number of fused-ring (bicyclic) bond motifs is 1. The molecule has 0 saturated carbocycles. The van der Waals surface area contributed by atoms with Gasteiger partial charge in [-0.2, -0.15) is 0 Å². The molecule has 7 nitrogen and oxygen atoms in total. The third kappa shape index (κ3) is 3.07. The largest absolute Gasteiger partial charge is 0.466 e. The summed E-state index contributed by atoms with van der Waals surface area (Å²) in [4.78, 5) is 22.9. The van der Waals surface area contributed by atoms with Gasteiger partial charge in [-0.15, -0.1) is 0 Å². The van der Waals surface area contributed by atoms with Gasteiger partial charge in [-0.3, -0.25) is 9.20 Å². The van der Waals surface area contributed by atoms with E-state index < -0.39 is 0 Å². The van der Waals surface area contributed by atoms with Crippen molar-refractivity contribution in [3.63, 3.8) is 0 Å². The Labute approximate surface area is 136 Å². The standard InChI is InChI=1S/C14H18BrN5O2/c1-2-22-12(21)7-10-9-20-11(15)8-17-13(14(20)18-10)19-5-3-16-4-6-19/h8-9,16H,2-7H2,1H3. The van der Waals surface area contributed by atoms with E-state index in [1.54, 1.807) is 13.1 Å². The zero-order valence-corrected chi connectivity index (χ0v) is 14.0. The van der Waals surface area contributed by atoms with Crippen molar-refractivity contribution in [1.82, 2.24) is 19.7 Å². The van der Waals surface area contributed by atoms with Gasteiger partial charge in [0.05, 0.1) is 24.9 Å². The van der Waals surface area contributed by atoms with Gasteiger partial charge in [0.25, 0.3) is 0 Å². The van der Waals surface area contributed by atoms with Crippen LogP contribution in [0.15, 0.2) is 17.0 Å². The van der Waals surface area contributed by atoms with Crippen molar-refractivity contribution < 1.29 is 9.53 Å². The van der Waals surface area contributed by atoms with Crippen molar-refractivity contribution in [3.8, 4) is 0 Å². The molecule has 1 aliphatic rings. The molecule has 0 aliphatic carbocycles. The number of nitrogens with one attached hydrogen (secondary N) is 1. The number of rotatable bonds is 4. The molecule has 2 aromatic rings. The average molecular weight is 368 g/mol. The lowest BCUT2D eigenvalue weighted by Crippen LogP contribution is -2.44. The van der Waals surface area contributed by atoms with Gasteiger partial charge in [-0.05, 0) is 22.9 Å². The zero-order valence-electron chi connectivity index (χ0n) is 12.4. The summed E-state index contributed by atoms with van der Waals surface area (Å²) in [7, 11) is 0. The number of ether oxygens (including phenoxy) is 1. The summed E-state index contributed by atoms with van der Waals surface area (Å²) < 4.78 is 7.71. The lowest BCUT2D eigenvalue weighted by atomic mass is 10.3. The van der Waals surface area contributed by atoms with Gasteiger partial charge >= 0.3 is 5.97 Å². The first kappa shape index (κ1) is 15.2. The number of anilines is 1. The monoisotopic (exact) mass is 367 g/mol. The van der Waals surface area contributed by atoms with Crippen LogP contribution in [-0.2, 0) is 16.0 Å². The van der Waals surface area contributed by atoms with Gasteiger partial charge < -0.3 is 15.0 Å². The quantitative estimate of drug-likeness (QED) is 0.813. The van der Waals surface area contributed by atoms with Crippen LogP contribution in [0.1, 0.15) is 12.6 Å². The highest BCUT2D eigenvalue weighted by atomic mass is 79.9. The molecular formula is C14H18BrN5O2. The van der Waals surface area contributed by atoms with Crippen molar-refractivity contribution in [2.24, 2.45) is 0 Å². The third-order valence-corrected chi connectivity index (χ3v) is 4.11. The zero-order chi connectivity index (χ0) is 15.5. The fourth-order valence-corrected chi connectivity index (χ4v) is 2.90. The third-order valence-electron chi connectivity index (χ3n) is 3.53. The smallest absolute Gasteiger partial charge is 0.311 e. The number of esters is 1. The van der Waals surface area contributed by atoms with Crippen LogP contribution in [0, 0.1) is 0 Å². The first-order valence-corrected chi connectivity index (χ1v) is 8.12. The van der Waals surface area contributed by atoms with Crippen LogP contribution in [0.4, 0.5) is 5.82 Å². The molecular weight excluding hydrogens is 350 g/mol. The first-order chi connectivity index (χ1) is 10.7. The van der Waals surface area contributed by atoms with Crippen molar-refractivity contribution in [2.75, 3.05) is 37.7 Å². The maximum atomic E-state index is 11.6. The van der Waals surface area contributed by atoms with Crippen molar-refractivity contribution in [1.29, 1.82) is 0 Å². The van der Waals surface area contributed by atoms with Crippen LogP contribution in [0.3, 0.4) is 0 Å². The second kappa shape index (κ2) is 6.62. The van der Waals surface area contributed by atoms with Crippen LogP contribution in [-0.4, -0.2) is 53.1 Å². The van der Waals surface area contributed by atoms with Gasteiger partial charge in [0.15, 0.2) is 11.5 Å². The van der Waals surface area contributed by atoms with Crippen LogP contribution in [0.5, 0.6) is 0 Å². The van der Waals surface area contributed by atoms with Crippen LogP contribution in [0.25, 0.3) is 5.65 Å². The molecule has 8 heteroatoms. The summed E-state index contributed by atoms with van der Waals surface area (Å²) in [5, 5.41) is 3.32. The molecule has 2 aromatic heterocycles. The molecule has 0 radical (unpaired) electrons. The molecule has 0 unspecified atom stereocenters. The fourth-order valence-electron chi connectivity index (χ4n) is 2.53. The molecule has 0 spiro atoms. The van der Waals surface area contributed by atoms with Gasteiger partial charge in [0.1, 0.15) is 4.60 Å². The van der Waals surface area contributed by atoms with Crippen molar-refractivity contribution in [3.05, 3.63) is 22.7 Å². The minimum atomic E-state index is -0.265. The van der Waals surface area contributed by atoms with E-state index in [0.717, 1.165) is 42.2 Å². The molecule has 1 saturated heterocycles. The second-order valence-corrected chi connectivity index (χ2v) is 5.86. The Balaban J connectivity index is 1.94. The predicted octanol–water partition coefficient (Wildman–Crippen LogP) is 1.01. The van der Waals surface area contributed by atoms with Gasteiger partial charge in [0, 0.05) is 32.4 Å². The summed E-state index contributed by atoms with van der Waals surface area (Å²) in [6, 6.07) is 0. The number of aromatic nitrogens is 3. The maximum absolute atomic E-state index is 11.6. The van der Waals surface area contributed by atoms with Crippen molar-refractivity contribution in [2.45, 2.75) is 13.3 Å². The Hall–Kier alpha value is -1.67. The van der Waals surface area contributed by atoms with E-state index in [4.69, 9.17) is 4.74 Å². The normalized spacial score (nSPS) is 15.3. The fraction of sp³-hybridized carbons (Fsp3) is 0.500. The Kier molecular flexibility index (Phi) is 4.58. The van der Waals surface area contributed by atoms with Crippen LogP contribution >= 0.6 is 15.9 Å². The molecule has 1 N–H and O–H groups in total. The second-order valence-electron chi connectivity index (χ2n) is 5.05. The van der Waals surface area contributed by atoms with Gasteiger partial charge in [-0.25, -0.2) is 9.97 Å². The highest BCUT2D eigenvalue weighted by molar-refractivity contribution is 9.10. The molecule has 0 amide bonds. The molecule has 0 atom stereocenters. The lowest BCUT2D eigenvalue weighted by Gasteiger charge is -2.28. The van der Waals surface area contributed by atoms with Gasteiger partial charge in [-0.1, -0.05) is 0 Å². The molecule has 22 heavy (non-hydrogen) atoms. The minimum absolute atomic E-state index is 0.170. The molecule has 1 aliphatic heterocycles. The molecule has 0 bridgehead atoms. The molecule has 1 fully saturated rings. The Morgan fingerprint density at radius 3 is 2.95 bits per heavy atom. The Morgan fingerprint density at radius 2 is 2.23 bits per heavy atom. The SMILES string of the molecule is CCOC(=O)Cc1cn2c(Br)cnc(N3CCNCC3)c2n1. The number of halogens is 1. The minimum Gasteiger partial charge on any atom is -0.466 e. The van der Waals surface area contributed by atoms with E-state index in [2.05, 4.69) is 36.1 Å². The summed E-state index contributed by atoms with van der Waals surface area (Å²) in [6.07, 6.45) is 3.78. The van der Waals surface area contributed by atoms with Crippen LogP contribution in [0.2, 0.25) is 0 Å². The van der Waals surface area contributed by atoms with E-state index >= 15 is 0 Å². The summed E-state index contributed by atoms with van der Waals surface area (Å²) in [6.45, 7) is 5.82. The number of carbonyl (C=O) groups is 1. The topological polar surface area (TPSA) is 71.8 Å². The predicted molar refractivity (Wildman–Crippen MR) is 86.1 cm³/mol. The number of piperazine rings is 1. The van der Waals surface area contributed by atoms with E-state index in [9.17, 15) is 4.79 Å². The summed E-state index contributed by atoms with van der Waals surface area (Å²) >= 11 is 3.48. The van der Waals surface area contributed by atoms with E-state index in [1.165, 1.54) is 0 Å². The number of hydrogen-bond donors (Lipinski definition) is 1. The summed E-state index contributed by atoms with van der Waals surface area (Å²) in [5.74, 6) is 0.582.